The van der Waals surface area contributed by atoms with Crippen LogP contribution >= 0.6 is 0 Å². The van der Waals surface area contributed by atoms with Gasteiger partial charge in [-0.25, -0.2) is 4.98 Å². The lowest BCUT2D eigenvalue weighted by Gasteiger charge is -2.27. The standard InChI is InChI=1S/C20H18F3N5O/c21-20(22,23)14-4-2-13(3-5-14)16-6-1-12(9-25-16)10-28-8-7-17-15(11-28)18(29)27-19(24)26-17/h1-6,9H,7-8,10-11H2,(H3,24,26,27,29). The minimum Gasteiger partial charge on any atom is -0.369 e. The first-order valence-electron chi connectivity index (χ1n) is 9.02. The predicted molar refractivity (Wildman–Crippen MR) is 102 cm³/mol. The first-order chi connectivity index (χ1) is 13.8. The molecule has 4 rings (SSSR count). The van der Waals surface area contributed by atoms with Gasteiger partial charge in [-0.2, -0.15) is 13.2 Å². The minimum absolute atomic E-state index is 0.130. The summed E-state index contributed by atoms with van der Waals surface area (Å²) >= 11 is 0. The van der Waals surface area contributed by atoms with E-state index in [-0.39, 0.29) is 11.5 Å². The Morgan fingerprint density at radius 1 is 1.14 bits per heavy atom. The number of hydrogen-bond acceptors (Lipinski definition) is 5. The number of hydrogen-bond donors (Lipinski definition) is 2. The van der Waals surface area contributed by atoms with E-state index in [0.717, 1.165) is 29.9 Å². The number of pyridine rings is 1. The lowest BCUT2D eigenvalue weighted by Crippen LogP contribution is -2.35. The summed E-state index contributed by atoms with van der Waals surface area (Å²) in [6, 6.07) is 8.60. The summed E-state index contributed by atoms with van der Waals surface area (Å²) in [5, 5.41) is 0. The average molecular weight is 401 g/mol. The maximum absolute atomic E-state index is 12.7. The highest BCUT2D eigenvalue weighted by Gasteiger charge is 2.30. The second-order valence-electron chi connectivity index (χ2n) is 6.96. The molecule has 150 valence electrons. The van der Waals surface area contributed by atoms with Gasteiger partial charge in [0, 0.05) is 37.8 Å². The third-order valence-corrected chi connectivity index (χ3v) is 4.90. The van der Waals surface area contributed by atoms with Crippen LogP contribution < -0.4 is 11.3 Å². The van der Waals surface area contributed by atoms with Gasteiger partial charge in [-0.3, -0.25) is 19.7 Å². The molecule has 0 spiro atoms. The molecule has 3 aromatic rings. The number of rotatable bonds is 3. The molecule has 1 aromatic carbocycles. The number of nitrogens with zero attached hydrogens (tertiary/aromatic N) is 3. The van der Waals surface area contributed by atoms with Gasteiger partial charge < -0.3 is 5.73 Å². The van der Waals surface area contributed by atoms with Gasteiger partial charge in [-0.05, 0) is 23.8 Å². The maximum atomic E-state index is 12.7. The molecular weight excluding hydrogens is 383 g/mol. The summed E-state index contributed by atoms with van der Waals surface area (Å²) in [4.78, 5) is 25.3. The molecule has 9 heteroatoms. The lowest BCUT2D eigenvalue weighted by molar-refractivity contribution is -0.137. The topological polar surface area (TPSA) is 87.9 Å². The second-order valence-corrected chi connectivity index (χ2v) is 6.96. The van der Waals surface area contributed by atoms with E-state index in [1.165, 1.54) is 12.1 Å². The van der Waals surface area contributed by atoms with Crippen LogP contribution in [0.5, 0.6) is 0 Å². The number of benzene rings is 1. The summed E-state index contributed by atoms with van der Waals surface area (Å²) in [6.07, 6.45) is -2.01. The average Bonchev–Trinajstić information content (AvgIpc) is 2.68. The van der Waals surface area contributed by atoms with Crippen LogP contribution in [0.15, 0.2) is 47.4 Å². The fraction of sp³-hybridized carbons (Fsp3) is 0.250. The van der Waals surface area contributed by atoms with E-state index in [9.17, 15) is 18.0 Å². The van der Waals surface area contributed by atoms with Crippen molar-refractivity contribution in [1.29, 1.82) is 0 Å². The van der Waals surface area contributed by atoms with Crippen LogP contribution in [0.2, 0.25) is 0 Å². The summed E-state index contributed by atoms with van der Waals surface area (Å²) in [7, 11) is 0. The molecule has 0 atom stereocenters. The molecule has 0 fully saturated rings. The lowest BCUT2D eigenvalue weighted by atomic mass is 10.1. The molecule has 0 amide bonds. The van der Waals surface area contributed by atoms with Crippen LogP contribution in [0.3, 0.4) is 0 Å². The molecule has 1 aliphatic heterocycles. The second kappa shape index (κ2) is 7.32. The van der Waals surface area contributed by atoms with Crippen LogP contribution in [-0.4, -0.2) is 26.4 Å². The van der Waals surface area contributed by atoms with E-state index in [0.29, 0.717) is 36.3 Å². The zero-order valence-electron chi connectivity index (χ0n) is 15.3. The van der Waals surface area contributed by atoms with Gasteiger partial charge in [-0.15, -0.1) is 0 Å². The van der Waals surface area contributed by atoms with E-state index in [1.54, 1.807) is 12.3 Å². The van der Waals surface area contributed by atoms with Crippen molar-refractivity contribution in [2.45, 2.75) is 25.7 Å². The van der Waals surface area contributed by atoms with Crippen LogP contribution in [0.4, 0.5) is 19.1 Å². The molecule has 0 aliphatic carbocycles. The molecule has 0 bridgehead atoms. The maximum Gasteiger partial charge on any atom is 0.416 e. The third-order valence-electron chi connectivity index (χ3n) is 4.90. The van der Waals surface area contributed by atoms with Crippen molar-refractivity contribution in [2.75, 3.05) is 12.3 Å². The molecular formula is C20H18F3N5O. The van der Waals surface area contributed by atoms with Crippen LogP contribution in [0.1, 0.15) is 22.4 Å². The quantitative estimate of drug-likeness (QED) is 0.705. The Balaban J connectivity index is 1.46. The molecule has 1 aliphatic rings. The van der Waals surface area contributed by atoms with E-state index < -0.39 is 11.7 Å². The molecule has 29 heavy (non-hydrogen) atoms. The van der Waals surface area contributed by atoms with Crippen molar-refractivity contribution in [2.24, 2.45) is 0 Å². The number of halogens is 3. The minimum atomic E-state index is -4.36. The Kier molecular flexibility index (Phi) is 4.83. The largest absolute Gasteiger partial charge is 0.416 e. The number of aromatic nitrogens is 3. The number of H-pyrrole nitrogens is 1. The Morgan fingerprint density at radius 3 is 2.55 bits per heavy atom. The summed E-state index contributed by atoms with van der Waals surface area (Å²) in [5.74, 6) is 0.130. The molecule has 0 saturated carbocycles. The highest BCUT2D eigenvalue weighted by Crippen LogP contribution is 2.30. The molecule has 2 aromatic heterocycles. The highest BCUT2D eigenvalue weighted by atomic mass is 19.4. The van der Waals surface area contributed by atoms with Crippen molar-refractivity contribution >= 4 is 5.95 Å². The summed E-state index contributed by atoms with van der Waals surface area (Å²) in [5.41, 5.74) is 8.21. The van der Waals surface area contributed by atoms with Crippen molar-refractivity contribution in [1.82, 2.24) is 19.9 Å². The Morgan fingerprint density at radius 2 is 1.90 bits per heavy atom. The van der Waals surface area contributed by atoms with E-state index in [1.807, 2.05) is 6.07 Å². The summed E-state index contributed by atoms with van der Waals surface area (Å²) < 4.78 is 38.0. The monoisotopic (exact) mass is 401 g/mol. The fourth-order valence-corrected chi connectivity index (χ4v) is 3.41. The first-order valence-corrected chi connectivity index (χ1v) is 9.02. The van der Waals surface area contributed by atoms with Gasteiger partial charge in [0.2, 0.25) is 5.95 Å². The Labute approximate surface area is 164 Å². The molecule has 0 unspecified atom stereocenters. The zero-order valence-corrected chi connectivity index (χ0v) is 15.3. The first kappa shape index (κ1) is 19.1. The third kappa shape index (κ3) is 4.14. The van der Waals surface area contributed by atoms with Gasteiger partial charge in [0.25, 0.3) is 5.56 Å². The number of anilines is 1. The molecule has 0 radical (unpaired) electrons. The van der Waals surface area contributed by atoms with Crippen LogP contribution in [-0.2, 0) is 25.7 Å². The molecule has 3 N–H and O–H groups in total. The smallest absolute Gasteiger partial charge is 0.369 e. The Hall–Kier alpha value is -3.20. The number of aromatic amines is 1. The van der Waals surface area contributed by atoms with Gasteiger partial charge in [-0.1, -0.05) is 18.2 Å². The Bertz CT molecular complexity index is 1080. The normalized spacial score (nSPS) is 14.6. The fourth-order valence-electron chi connectivity index (χ4n) is 3.41. The SMILES string of the molecule is Nc1nc2c(c(=O)[nH]1)CN(Cc1ccc(-c3ccc(C(F)(F)F)cc3)nc1)CC2. The van der Waals surface area contributed by atoms with Crippen LogP contribution in [0.25, 0.3) is 11.3 Å². The number of nitrogens with two attached hydrogens (primary N) is 1. The van der Waals surface area contributed by atoms with E-state index in [4.69, 9.17) is 5.73 Å². The molecule has 0 saturated heterocycles. The number of nitrogen functional groups attached to an aromatic ring is 1. The molecule has 6 nitrogen and oxygen atoms in total. The van der Waals surface area contributed by atoms with Gasteiger partial charge in [0.05, 0.1) is 22.5 Å². The predicted octanol–water partition coefficient (Wildman–Crippen LogP) is 2.99. The van der Waals surface area contributed by atoms with E-state index >= 15 is 0 Å². The van der Waals surface area contributed by atoms with Crippen molar-refractivity contribution in [3.8, 4) is 11.3 Å². The van der Waals surface area contributed by atoms with Crippen molar-refractivity contribution in [3.63, 3.8) is 0 Å². The number of nitrogens with one attached hydrogen (secondary N) is 1. The summed E-state index contributed by atoms with van der Waals surface area (Å²) in [6.45, 7) is 1.81. The van der Waals surface area contributed by atoms with Gasteiger partial charge >= 0.3 is 6.18 Å². The van der Waals surface area contributed by atoms with Crippen molar-refractivity contribution in [3.05, 3.63) is 75.3 Å². The van der Waals surface area contributed by atoms with Crippen molar-refractivity contribution < 1.29 is 13.2 Å². The number of fused-ring (bicyclic) bond motifs is 1. The van der Waals surface area contributed by atoms with Gasteiger partial charge in [0.15, 0.2) is 0 Å². The van der Waals surface area contributed by atoms with Crippen LogP contribution in [0, 0.1) is 0 Å². The van der Waals surface area contributed by atoms with E-state index in [2.05, 4.69) is 19.9 Å². The number of alkyl halides is 3. The molecule has 3 heterocycles. The zero-order chi connectivity index (χ0) is 20.6. The highest BCUT2D eigenvalue weighted by molar-refractivity contribution is 5.59. The van der Waals surface area contributed by atoms with Gasteiger partial charge in [0.1, 0.15) is 0 Å².